The fraction of sp³-hybridized carbons (Fsp3) is 0.944. The molecule has 0 aliphatic carbocycles. The van der Waals surface area contributed by atoms with Crippen molar-refractivity contribution in [3.63, 3.8) is 0 Å². The molecule has 0 radical (unpaired) electrons. The third-order valence-corrected chi connectivity index (χ3v) is 4.65. The fourth-order valence-electron chi connectivity index (χ4n) is 2.80. The van der Waals surface area contributed by atoms with E-state index in [0.717, 1.165) is 77.7 Å². The van der Waals surface area contributed by atoms with E-state index in [1.165, 1.54) is 6.42 Å². The van der Waals surface area contributed by atoms with Crippen molar-refractivity contribution in [2.45, 2.75) is 51.5 Å². The third-order valence-electron chi connectivity index (χ3n) is 4.65. The first-order chi connectivity index (χ1) is 11.6. The average Bonchev–Trinajstić information content (AvgIpc) is 2.59. The zero-order valence-corrected chi connectivity index (χ0v) is 16.2. The van der Waals surface area contributed by atoms with Gasteiger partial charge in [0.1, 0.15) is 0 Å². The Labute approximate surface area is 148 Å². The van der Waals surface area contributed by atoms with Crippen LogP contribution in [0.5, 0.6) is 0 Å². The second-order valence-corrected chi connectivity index (χ2v) is 6.67. The van der Waals surface area contributed by atoms with E-state index in [9.17, 15) is 0 Å². The number of ether oxygens (including phenoxy) is 2. The van der Waals surface area contributed by atoms with Gasteiger partial charge in [-0.15, -0.1) is 0 Å². The molecule has 1 aliphatic heterocycles. The highest BCUT2D eigenvalue weighted by Gasteiger charge is 2.34. The molecule has 0 aromatic heterocycles. The van der Waals surface area contributed by atoms with Gasteiger partial charge in [0.15, 0.2) is 5.96 Å². The molecule has 24 heavy (non-hydrogen) atoms. The Morgan fingerprint density at radius 2 is 1.83 bits per heavy atom. The Hall–Kier alpha value is -0.850. The lowest BCUT2D eigenvalue weighted by atomic mass is 9.89. The number of nitrogens with zero attached hydrogens (tertiary/aromatic N) is 2. The average molecular weight is 343 g/mol. The number of guanidine groups is 1. The topological polar surface area (TPSA) is 58.1 Å². The van der Waals surface area contributed by atoms with E-state index in [2.05, 4.69) is 43.5 Å². The lowest BCUT2D eigenvalue weighted by molar-refractivity contribution is -0.00254. The second-order valence-electron chi connectivity index (χ2n) is 6.67. The molecule has 1 heterocycles. The molecule has 2 N–H and O–H groups in total. The van der Waals surface area contributed by atoms with Gasteiger partial charge in [-0.25, -0.2) is 0 Å². The first-order valence-corrected chi connectivity index (χ1v) is 9.49. The summed E-state index contributed by atoms with van der Waals surface area (Å²) in [6.07, 6.45) is 5.41. The standard InChI is InChI=1S/C18H38N4O2/c1-5-7-12-23-13-8-11-20-17(19-6-2)21-16-18(22(3)4)9-14-24-15-10-18/h5-16H2,1-4H3,(H2,19,20,21). The van der Waals surface area contributed by atoms with E-state index in [-0.39, 0.29) is 5.54 Å². The maximum Gasteiger partial charge on any atom is 0.191 e. The van der Waals surface area contributed by atoms with Crippen molar-refractivity contribution in [3.05, 3.63) is 0 Å². The molecule has 142 valence electrons. The van der Waals surface area contributed by atoms with Crippen LogP contribution >= 0.6 is 0 Å². The Morgan fingerprint density at radius 3 is 2.46 bits per heavy atom. The molecule has 0 unspecified atom stereocenters. The SMILES string of the molecule is CCCCOCCCNC(=NCC1(N(C)C)CCOCC1)NCC. The van der Waals surface area contributed by atoms with E-state index in [0.29, 0.717) is 0 Å². The van der Waals surface area contributed by atoms with Gasteiger partial charge in [-0.2, -0.15) is 0 Å². The summed E-state index contributed by atoms with van der Waals surface area (Å²) < 4.78 is 11.1. The molecule has 0 aromatic rings. The minimum atomic E-state index is 0.115. The van der Waals surface area contributed by atoms with Crippen LogP contribution in [0.3, 0.4) is 0 Å². The van der Waals surface area contributed by atoms with Gasteiger partial charge in [-0.3, -0.25) is 4.99 Å². The monoisotopic (exact) mass is 342 g/mol. The van der Waals surface area contributed by atoms with E-state index >= 15 is 0 Å². The molecular formula is C18H38N4O2. The van der Waals surface area contributed by atoms with E-state index < -0.39 is 0 Å². The maximum absolute atomic E-state index is 5.60. The number of likely N-dealkylation sites (N-methyl/N-ethyl adjacent to an activating group) is 1. The third kappa shape index (κ3) is 7.81. The van der Waals surface area contributed by atoms with Gasteiger partial charge < -0.3 is 25.0 Å². The lowest BCUT2D eigenvalue weighted by Crippen LogP contribution is -2.51. The van der Waals surface area contributed by atoms with Crippen molar-refractivity contribution in [2.75, 3.05) is 60.2 Å². The molecule has 0 aromatic carbocycles. The lowest BCUT2D eigenvalue weighted by Gasteiger charge is -2.41. The van der Waals surface area contributed by atoms with Gasteiger partial charge in [0, 0.05) is 45.1 Å². The molecule has 0 amide bonds. The summed E-state index contributed by atoms with van der Waals surface area (Å²) in [6, 6.07) is 0. The van der Waals surface area contributed by atoms with Gasteiger partial charge in [0.2, 0.25) is 0 Å². The zero-order valence-electron chi connectivity index (χ0n) is 16.2. The highest BCUT2D eigenvalue weighted by molar-refractivity contribution is 5.79. The van der Waals surface area contributed by atoms with Crippen molar-refractivity contribution in [1.82, 2.24) is 15.5 Å². The molecule has 0 spiro atoms. The van der Waals surface area contributed by atoms with Crippen molar-refractivity contribution < 1.29 is 9.47 Å². The normalized spacial score (nSPS) is 18.0. The summed E-state index contributed by atoms with van der Waals surface area (Å²) in [5.74, 6) is 0.902. The summed E-state index contributed by atoms with van der Waals surface area (Å²) in [4.78, 5) is 7.14. The summed E-state index contributed by atoms with van der Waals surface area (Å²) >= 11 is 0. The molecule has 1 fully saturated rings. The smallest absolute Gasteiger partial charge is 0.191 e. The van der Waals surface area contributed by atoms with E-state index in [4.69, 9.17) is 14.5 Å². The molecule has 6 nitrogen and oxygen atoms in total. The Morgan fingerprint density at radius 1 is 1.12 bits per heavy atom. The van der Waals surface area contributed by atoms with Gasteiger partial charge >= 0.3 is 0 Å². The van der Waals surface area contributed by atoms with Crippen LogP contribution < -0.4 is 10.6 Å². The number of unbranched alkanes of at least 4 members (excludes halogenated alkanes) is 1. The van der Waals surface area contributed by atoms with E-state index in [1.807, 2.05) is 0 Å². The van der Waals surface area contributed by atoms with Crippen LogP contribution in [0.25, 0.3) is 0 Å². The molecule has 6 heteroatoms. The summed E-state index contributed by atoms with van der Waals surface area (Å²) in [6.45, 7) is 10.2. The molecule has 1 rings (SSSR count). The van der Waals surface area contributed by atoms with Gasteiger partial charge in [-0.05, 0) is 46.7 Å². The molecule has 0 bridgehead atoms. The zero-order chi connectivity index (χ0) is 17.7. The quantitative estimate of drug-likeness (QED) is 0.341. The number of aliphatic imine (C=N–C) groups is 1. The number of rotatable bonds is 11. The largest absolute Gasteiger partial charge is 0.381 e. The fourth-order valence-corrected chi connectivity index (χ4v) is 2.80. The van der Waals surface area contributed by atoms with Crippen LogP contribution in [0.1, 0.15) is 46.0 Å². The van der Waals surface area contributed by atoms with E-state index in [1.54, 1.807) is 0 Å². The molecular weight excluding hydrogens is 304 g/mol. The van der Waals surface area contributed by atoms with Crippen LogP contribution in [0.2, 0.25) is 0 Å². The highest BCUT2D eigenvalue weighted by atomic mass is 16.5. The predicted octanol–water partition coefficient (Wildman–Crippen LogP) is 1.86. The molecule has 0 atom stereocenters. The van der Waals surface area contributed by atoms with Gasteiger partial charge in [0.25, 0.3) is 0 Å². The number of hydrogen-bond acceptors (Lipinski definition) is 4. The number of nitrogens with one attached hydrogen (secondary N) is 2. The van der Waals surface area contributed by atoms with Crippen LogP contribution in [-0.4, -0.2) is 76.6 Å². The Bertz CT molecular complexity index is 342. The first-order valence-electron chi connectivity index (χ1n) is 9.49. The summed E-state index contributed by atoms with van der Waals surface area (Å²) in [5.41, 5.74) is 0.115. The molecule has 0 saturated carbocycles. The van der Waals surface area contributed by atoms with Crippen molar-refractivity contribution in [3.8, 4) is 0 Å². The van der Waals surface area contributed by atoms with Crippen LogP contribution in [-0.2, 0) is 9.47 Å². The minimum Gasteiger partial charge on any atom is -0.381 e. The van der Waals surface area contributed by atoms with Crippen LogP contribution in [0.4, 0.5) is 0 Å². The van der Waals surface area contributed by atoms with Gasteiger partial charge in [-0.1, -0.05) is 13.3 Å². The minimum absolute atomic E-state index is 0.115. The Kier molecular flexibility index (Phi) is 11.0. The number of hydrogen-bond donors (Lipinski definition) is 2. The van der Waals surface area contributed by atoms with Crippen molar-refractivity contribution in [1.29, 1.82) is 0 Å². The second kappa shape index (κ2) is 12.5. The first kappa shape index (κ1) is 21.2. The maximum atomic E-state index is 5.60. The van der Waals surface area contributed by atoms with Gasteiger partial charge in [0.05, 0.1) is 6.54 Å². The Balaban J connectivity index is 2.40. The predicted molar refractivity (Wildman–Crippen MR) is 101 cm³/mol. The molecule has 1 saturated heterocycles. The van der Waals surface area contributed by atoms with Crippen LogP contribution in [0.15, 0.2) is 4.99 Å². The highest BCUT2D eigenvalue weighted by Crippen LogP contribution is 2.26. The van der Waals surface area contributed by atoms with Crippen molar-refractivity contribution in [2.24, 2.45) is 4.99 Å². The van der Waals surface area contributed by atoms with Crippen LogP contribution in [0, 0.1) is 0 Å². The summed E-state index contributed by atoms with van der Waals surface area (Å²) in [7, 11) is 4.30. The summed E-state index contributed by atoms with van der Waals surface area (Å²) in [5, 5.41) is 6.75. The van der Waals surface area contributed by atoms with Crippen molar-refractivity contribution >= 4 is 5.96 Å². The molecule has 1 aliphatic rings.